The van der Waals surface area contributed by atoms with Crippen LogP contribution in [0.4, 0.5) is 10.5 Å². The Morgan fingerprint density at radius 3 is 2.68 bits per heavy atom. The molecule has 0 saturated carbocycles. The van der Waals surface area contributed by atoms with Crippen molar-refractivity contribution in [2.24, 2.45) is 5.92 Å². The molecule has 0 radical (unpaired) electrons. The Labute approximate surface area is 148 Å². The predicted octanol–water partition coefficient (Wildman–Crippen LogP) is 1.03. The fraction of sp³-hybridized carbons (Fsp3) is 0.562. The van der Waals surface area contributed by atoms with Crippen LogP contribution in [0.1, 0.15) is 5.56 Å². The maximum Gasteiger partial charge on any atom is 0.319 e. The van der Waals surface area contributed by atoms with Gasteiger partial charge in [-0.2, -0.15) is 0 Å². The lowest BCUT2D eigenvalue weighted by Gasteiger charge is -2.21. The van der Waals surface area contributed by atoms with Crippen LogP contribution in [-0.4, -0.2) is 65.0 Å². The Morgan fingerprint density at radius 1 is 1.36 bits per heavy atom. The summed E-state index contributed by atoms with van der Waals surface area (Å²) in [5.41, 5.74) is 1.53. The van der Waals surface area contributed by atoms with Crippen LogP contribution < -0.4 is 15.4 Å². The van der Waals surface area contributed by atoms with E-state index in [1.807, 2.05) is 13.0 Å². The molecule has 1 aromatic rings. The van der Waals surface area contributed by atoms with Crippen LogP contribution in [-0.2, 0) is 14.8 Å². The minimum Gasteiger partial charge on any atom is -0.497 e. The molecule has 1 heterocycles. The number of ether oxygens (including phenoxy) is 2. The number of benzene rings is 1. The Balaban J connectivity index is 1.97. The van der Waals surface area contributed by atoms with Crippen molar-refractivity contribution >= 4 is 21.7 Å². The minimum absolute atomic E-state index is 0.0630. The van der Waals surface area contributed by atoms with E-state index in [0.29, 0.717) is 24.7 Å². The maximum atomic E-state index is 12.3. The first kappa shape index (κ1) is 19.5. The van der Waals surface area contributed by atoms with Gasteiger partial charge in [-0.3, -0.25) is 0 Å². The highest BCUT2D eigenvalue weighted by Gasteiger charge is 2.34. The third kappa shape index (κ3) is 5.07. The van der Waals surface area contributed by atoms with Gasteiger partial charge in [0.05, 0.1) is 32.1 Å². The highest BCUT2D eigenvalue weighted by Crippen LogP contribution is 2.21. The van der Waals surface area contributed by atoms with E-state index in [-0.39, 0.29) is 17.7 Å². The first-order valence-electron chi connectivity index (χ1n) is 7.93. The van der Waals surface area contributed by atoms with Gasteiger partial charge in [0.25, 0.3) is 0 Å². The summed E-state index contributed by atoms with van der Waals surface area (Å²) in [6, 6.07) is 4.59. The Hall–Kier alpha value is -1.84. The number of rotatable bonds is 6. The molecule has 2 N–H and O–H groups in total. The molecule has 0 aromatic heterocycles. The van der Waals surface area contributed by atoms with Crippen molar-refractivity contribution < 1.29 is 22.7 Å². The van der Waals surface area contributed by atoms with E-state index in [1.54, 1.807) is 19.2 Å². The lowest BCUT2D eigenvalue weighted by molar-refractivity contribution is 0.184. The molecule has 1 saturated heterocycles. The van der Waals surface area contributed by atoms with Crippen molar-refractivity contribution in [2.75, 3.05) is 45.5 Å². The van der Waals surface area contributed by atoms with Crippen molar-refractivity contribution in [1.82, 2.24) is 9.62 Å². The van der Waals surface area contributed by atoms with Crippen molar-refractivity contribution in [2.45, 2.75) is 13.0 Å². The second-order valence-corrected chi connectivity index (χ2v) is 8.47. The smallest absolute Gasteiger partial charge is 0.319 e. The van der Waals surface area contributed by atoms with Gasteiger partial charge in [-0.05, 0) is 30.7 Å². The number of sulfonamides is 1. The molecule has 1 fully saturated rings. The van der Waals surface area contributed by atoms with Gasteiger partial charge in [-0.25, -0.2) is 17.5 Å². The lowest BCUT2D eigenvalue weighted by Crippen LogP contribution is -2.45. The van der Waals surface area contributed by atoms with Gasteiger partial charge in [-0.15, -0.1) is 0 Å². The second-order valence-electron chi connectivity index (χ2n) is 6.24. The average molecular weight is 371 g/mol. The van der Waals surface area contributed by atoms with Gasteiger partial charge in [0.15, 0.2) is 0 Å². The first-order valence-corrected chi connectivity index (χ1v) is 9.54. The summed E-state index contributed by atoms with van der Waals surface area (Å²) in [7, 11) is 1.21. The van der Waals surface area contributed by atoms with Gasteiger partial charge in [-0.1, -0.05) is 0 Å². The van der Waals surface area contributed by atoms with E-state index >= 15 is 0 Å². The first-order chi connectivity index (χ1) is 11.7. The Morgan fingerprint density at radius 2 is 2.08 bits per heavy atom. The highest BCUT2D eigenvalue weighted by molar-refractivity contribution is 7.89. The van der Waals surface area contributed by atoms with E-state index in [1.165, 1.54) is 18.4 Å². The number of urea groups is 1. The molecular formula is C16H25N3O5S. The molecule has 9 heteroatoms. The molecule has 1 aromatic carbocycles. The summed E-state index contributed by atoms with van der Waals surface area (Å²) in [5.74, 6) is 0.365. The molecule has 0 unspecified atom stereocenters. The van der Waals surface area contributed by atoms with E-state index in [0.717, 1.165) is 5.56 Å². The summed E-state index contributed by atoms with van der Waals surface area (Å²) < 4.78 is 35.8. The normalized spacial score (nSPS) is 20.5. The highest BCUT2D eigenvalue weighted by atomic mass is 32.2. The third-order valence-electron chi connectivity index (χ3n) is 4.18. The number of nitrogens with zero attached hydrogens (tertiary/aromatic N) is 1. The van der Waals surface area contributed by atoms with Crippen LogP contribution in [0.2, 0.25) is 0 Å². The number of amides is 2. The van der Waals surface area contributed by atoms with Crippen LogP contribution in [0.3, 0.4) is 0 Å². The summed E-state index contributed by atoms with van der Waals surface area (Å²) in [5, 5.41) is 5.58. The van der Waals surface area contributed by atoms with E-state index in [4.69, 9.17) is 9.47 Å². The second kappa shape index (κ2) is 8.03. The Bertz CT molecular complexity index is 720. The largest absolute Gasteiger partial charge is 0.497 e. The number of hydrogen-bond donors (Lipinski definition) is 2. The molecule has 0 aliphatic carbocycles. The van der Waals surface area contributed by atoms with Crippen molar-refractivity contribution in [3.63, 3.8) is 0 Å². The minimum atomic E-state index is -3.36. The fourth-order valence-electron chi connectivity index (χ4n) is 2.57. The SMILES string of the molecule is COc1ccc(NC(=O)N[C@H]2COC[C@H]2CS(=O)(=O)N(C)C)c(C)c1. The molecule has 25 heavy (non-hydrogen) atoms. The number of aryl methyl sites for hydroxylation is 1. The molecule has 1 aliphatic heterocycles. The molecule has 0 spiro atoms. The summed E-state index contributed by atoms with van der Waals surface area (Å²) in [6.07, 6.45) is 0. The third-order valence-corrected chi connectivity index (χ3v) is 6.14. The summed E-state index contributed by atoms with van der Waals surface area (Å²) in [6.45, 7) is 2.46. The topological polar surface area (TPSA) is 97.0 Å². The number of carbonyl (C=O) groups is 1. The van der Waals surface area contributed by atoms with Crippen LogP contribution in [0.5, 0.6) is 5.75 Å². The number of anilines is 1. The van der Waals surface area contributed by atoms with Crippen molar-refractivity contribution in [3.8, 4) is 5.75 Å². The van der Waals surface area contributed by atoms with Crippen LogP contribution in [0, 0.1) is 12.8 Å². The van der Waals surface area contributed by atoms with Gasteiger partial charge in [0.1, 0.15) is 5.75 Å². The lowest BCUT2D eigenvalue weighted by atomic mass is 10.1. The quantitative estimate of drug-likeness (QED) is 0.779. The van der Waals surface area contributed by atoms with Gasteiger partial charge < -0.3 is 20.1 Å². The zero-order valence-corrected chi connectivity index (χ0v) is 15.7. The van der Waals surface area contributed by atoms with Crippen LogP contribution in [0.15, 0.2) is 18.2 Å². The van der Waals surface area contributed by atoms with E-state index in [2.05, 4.69) is 10.6 Å². The molecular weight excluding hydrogens is 346 g/mol. The van der Waals surface area contributed by atoms with E-state index < -0.39 is 16.1 Å². The fourth-order valence-corrected chi connectivity index (χ4v) is 3.74. The standard InChI is InChI=1S/C16H25N3O5S/c1-11-7-13(23-4)5-6-14(11)17-16(20)18-15-9-24-8-12(15)10-25(21,22)19(2)3/h5-7,12,15H,8-10H2,1-4H3,(H2,17,18,20)/t12-,15-/m0/s1. The maximum absolute atomic E-state index is 12.3. The molecule has 2 atom stereocenters. The van der Waals surface area contributed by atoms with Gasteiger partial charge in [0.2, 0.25) is 10.0 Å². The molecule has 0 bridgehead atoms. The van der Waals surface area contributed by atoms with Gasteiger partial charge >= 0.3 is 6.03 Å². The van der Waals surface area contributed by atoms with Crippen molar-refractivity contribution in [1.29, 1.82) is 0 Å². The molecule has 2 rings (SSSR count). The zero-order valence-electron chi connectivity index (χ0n) is 14.9. The summed E-state index contributed by atoms with van der Waals surface area (Å²) in [4.78, 5) is 12.3. The predicted molar refractivity (Wildman–Crippen MR) is 95.5 cm³/mol. The summed E-state index contributed by atoms with van der Waals surface area (Å²) >= 11 is 0. The van der Waals surface area contributed by atoms with Crippen LogP contribution in [0.25, 0.3) is 0 Å². The molecule has 2 amide bonds. The monoisotopic (exact) mass is 371 g/mol. The number of nitrogens with one attached hydrogen (secondary N) is 2. The van der Waals surface area contributed by atoms with Crippen LogP contribution >= 0.6 is 0 Å². The molecule has 8 nitrogen and oxygen atoms in total. The number of hydrogen-bond acceptors (Lipinski definition) is 5. The Kier molecular flexibility index (Phi) is 6.26. The van der Waals surface area contributed by atoms with Crippen molar-refractivity contribution in [3.05, 3.63) is 23.8 Å². The van der Waals surface area contributed by atoms with Gasteiger partial charge in [0, 0.05) is 25.7 Å². The molecule has 1 aliphatic rings. The average Bonchev–Trinajstić information content (AvgIpc) is 2.95. The zero-order chi connectivity index (χ0) is 18.6. The van der Waals surface area contributed by atoms with E-state index in [9.17, 15) is 13.2 Å². The number of methoxy groups -OCH3 is 1. The number of carbonyl (C=O) groups excluding carboxylic acids is 1. The molecule has 140 valence electrons.